The molecule has 3 aromatic rings. The van der Waals surface area contributed by atoms with E-state index in [2.05, 4.69) is 4.98 Å². The smallest absolute Gasteiger partial charge is 0.330 e. The SMILES string of the molecule is CCOc1ccc(-c2nc(CS(=O)(=O)Cc3cc(=O)n(C)c(=O)n3C)cs2)cc1OC. The zero-order chi connectivity index (χ0) is 22.8. The highest BCUT2D eigenvalue weighted by Crippen LogP contribution is 2.34. The highest BCUT2D eigenvalue weighted by Gasteiger charge is 2.19. The normalized spacial score (nSPS) is 11.5. The Morgan fingerprint density at radius 1 is 1.06 bits per heavy atom. The van der Waals surface area contributed by atoms with Gasteiger partial charge in [-0.15, -0.1) is 11.3 Å². The molecule has 11 heteroatoms. The van der Waals surface area contributed by atoms with Crippen LogP contribution in [0.15, 0.2) is 39.2 Å². The van der Waals surface area contributed by atoms with E-state index in [1.54, 1.807) is 24.6 Å². The van der Waals surface area contributed by atoms with Crippen molar-refractivity contribution in [2.75, 3.05) is 13.7 Å². The lowest BCUT2D eigenvalue weighted by Gasteiger charge is -2.10. The zero-order valence-corrected chi connectivity index (χ0v) is 19.2. The second-order valence-corrected chi connectivity index (χ2v) is 9.77. The first-order valence-electron chi connectivity index (χ1n) is 9.37. The van der Waals surface area contributed by atoms with Crippen molar-refractivity contribution < 1.29 is 17.9 Å². The Morgan fingerprint density at radius 3 is 2.48 bits per heavy atom. The molecule has 0 saturated heterocycles. The van der Waals surface area contributed by atoms with E-state index >= 15 is 0 Å². The Kier molecular flexibility index (Phi) is 6.65. The molecular weight excluding hydrogens is 442 g/mol. The van der Waals surface area contributed by atoms with Crippen LogP contribution >= 0.6 is 11.3 Å². The molecule has 0 aliphatic carbocycles. The summed E-state index contributed by atoms with van der Waals surface area (Å²) in [5.41, 5.74) is 0.191. The van der Waals surface area contributed by atoms with Crippen molar-refractivity contribution in [3.63, 3.8) is 0 Å². The van der Waals surface area contributed by atoms with E-state index in [1.165, 1.54) is 25.4 Å². The highest BCUT2D eigenvalue weighted by atomic mass is 32.2. The Morgan fingerprint density at radius 2 is 1.81 bits per heavy atom. The van der Waals surface area contributed by atoms with Crippen molar-refractivity contribution in [1.29, 1.82) is 0 Å². The van der Waals surface area contributed by atoms with Gasteiger partial charge in [0.25, 0.3) is 5.56 Å². The number of nitrogens with zero attached hydrogens (tertiary/aromatic N) is 3. The third-order valence-corrected chi connectivity index (χ3v) is 7.03. The summed E-state index contributed by atoms with van der Waals surface area (Å²) in [5, 5.41) is 2.33. The van der Waals surface area contributed by atoms with Gasteiger partial charge in [0.05, 0.1) is 30.9 Å². The predicted octanol–water partition coefficient (Wildman–Crippen LogP) is 1.73. The fourth-order valence-corrected chi connectivity index (χ4v) is 5.35. The Hall–Kier alpha value is -2.92. The van der Waals surface area contributed by atoms with E-state index in [4.69, 9.17) is 9.47 Å². The maximum absolute atomic E-state index is 12.7. The molecule has 0 aliphatic heterocycles. The molecule has 1 aromatic carbocycles. The van der Waals surface area contributed by atoms with Crippen LogP contribution in [-0.4, -0.2) is 36.3 Å². The number of rotatable bonds is 8. The second kappa shape index (κ2) is 9.06. The molecule has 0 spiro atoms. The van der Waals surface area contributed by atoms with E-state index < -0.39 is 26.8 Å². The Balaban J connectivity index is 1.82. The topological polar surface area (TPSA) is 109 Å². The van der Waals surface area contributed by atoms with E-state index in [9.17, 15) is 18.0 Å². The fraction of sp³-hybridized carbons (Fsp3) is 0.350. The van der Waals surface area contributed by atoms with Crippen LogP contribution in [0.25, 0.3) is 10.6 Å². The first-order chi connectivity index (χ1) is 14.6. The van der Waals surface area contributed by atoms with Crippen LogP contribution in [0.1, 0.15) is 18.3 Å². The molecule has 0 bridgehead atoms. The van der Waals surface area contributed by atoms with Gasteiger partial charge in [-0.2, -0.15) is 0 Å². The minimum Gasteiger partial charge on any atom is -0.493 e. The van der Waals surface area contributed by atoms with E-state index in [0.717, 1.165) is 20.8 Å². The Labute approximate surface area is 183 Å². The second-order valence-electron chi connectivity index (χ2n) is 6.85. The van der Waals surface area contributed by atoms with Crippen molar-refractivity contribution >= 4 is 21.2 Å². The van der Waals surface area contributed by atoms with Gasteiger partial charge in [-0.25, -0.2) is 18.2 Å². The standard InChI is InChI=1S/C20H23N3O6S2/c1-5-29-16-7-6-13(8-17(16)28-4)19-21-14(10-30-19)11-31(26,27)12-15-9-18(24)23(3)20(25)22(15)2/h6-10H,5,11-12H2,1-4H3. The van der Waals surface area contributed by atoms with Gasteiger partial charge < -0.3 is 9.47 Å². The summed E-state index contributed by atoms with van der Waals surface area (Å²) in [4.78, 5) is 28.3. The minimum atomic E-state index is -3.66. The maximum Gasteiger partial charge on any atom is 0.330 e. The van der Waals surface area contributed by atoms with E-state index in [1.807, 2.05) is 13.0 Å². The molecule has 2 aromatic heterocycles. The molecule has 0 unspecified atom stereocenters. The average molecular weight is 466 g/mol. The molecular formula is C20H23N3O6S2. The largest absolute Gasteiger partial charge is 0.493 e. The number of ether oxygens (including phenoxy) is 2. The lowest BCUT2D eigenvalue weighted by Crippen LogP contribution is -2.38. The number of hydrogen-bond acceptors (Lipinski definition) is 8. The monoisotopic (exact) mass is 465 g/mol. The van der Waals surface area contributed by atoms with Gasteiger partial charge in [-0.3, -0.25) is 13.9 Å². The third-order valence-electron chi connectivity index (χ3n) is 4.62. The van der Waals surface area contributed by atoms with Gasteiger partial charge in [-0.1, -0.05) is 0 Å². The van der Waals surface area contributed by atoms with Crippen LogP contribution in [0.5, 0.6) is 11.5 Å². The van der Waals surface area contributed by atoms with Gasteiger partial charge in [0.15, 0.2) is 21.3 Å². The minimum absolute atomic E-state index is 0.139. The molecule has 0 amide bonds. The zero-order valence-electron chi connectivity index (χ0n) is 17.6. The summed E-state index contributed by atoms with van der Waals surface area (Å²) in [6, 6.07) is 6.57. The van der Waals surface area contributed by atoms with Crippen LogP contribution in [0.2, 0.25) is 0 Å². The van der Waals surface area contributed by atoms with Crippen molar-refractivity contribution in [1.82, 2.24) is 14.1 Å². The summed E-state index contributed by atoms with van der Waals surface area (Å²) >= 11 is 1.32. The molecule has 166 valence electrons. The Bertz CT molecular complexity index is 1320. The number of thiazole rings is 1. The van der Waals surface area contributed by atoms with E-state index in [-0.39, 0.29) is 11.4 Å². The van der Waals surface area contributed by atoms with Crippen LogP contribution in [0.3, 0.4) is 0 Å². The predicted molar refractivity (Wildman–Crippen MR) is 119 cm³/mol. The molecule has 0 fully saturated rings. The van der Waals surface area contributed by atoms with Crippen LogP contribution in [0.4, 0.5) is 0 Å². The number of hydrogen-bond donors (Lipinski definition) is 0. The third kappa shape index (κ3) is 5.05. The lowest BCUT2D eigenvalue weighted by atomic mass is 10.2. The number of benzene rings is 1. The molecule has 0 saturated carbocycles. The van der Waals surface area contributed by atoms with Crippen LogP contribution in [-0.2, 0) is 35.4 Å². The summed E-state index contributed by atoms with van der Waals surface area (Å²) in [6.45, 7) is 2.39. The molecule has 9 nitrogen and oxygen atoms in total. The number of aromatic nitrogens is 3. The summed E-state index contributed by atoms with van der Waals surface area (Å²) < 4.78 is 38.3. The summed E-state index contributed by atoms with van der Waals surface area (Å²) in [5.74, 6) is 0.447. The van der Waals surface area contributed by atoms with Crippen molar-refractivity contribution in [3.8, 4) is 22.1 Å². The van der Waals surface area contributed by atoms with Gasteiger partial charge in [0.2, 0.25) is 0 Å². The molecule has 0 aliphatic rings. The molecule has 3 rings (SSSR count). The molecule has 0 N–H and O–H groups in total. The van der Waals surface area contributed by atoms with Gasteiger partial charge in [-0.05, 0) is 25.1 Å². The maximum atomic E-state index is 12.7. The first kappa shape index (κ1) is 22.8. The van der Waals surface area contributed by atoms with Crippen molar-refractivity contribution in [2.24, 2.45) is 14.1 Å². The van der Waals surface area contributed by atoms with Crippen molar-refractivity contribution in [3.05, 3.63) is 61.9 Å². The molecule has 31 heavy (non-hydrogen) atoms. The first-order valence-corrected chi connectivity index (χ1v) is 12.1. The summed E-state index contributed by atoms with van der Waals surface area (Å²) in [7, 11) is 0.667. The number of methoxy groups -OCH3 is 1. The van der Waals surface area contributed by atoms with E-state index in [0.29, 0.717) is 28.8 Å². The highest BCUT2D eigenvalue weighted by molar-refractivity contribution is 7.89. The van der Waals surface area contributed by atoms with Crippen LogP contribution < -0.4 is 20.7 Å². The van der Waals surface area contributed by atoms with Crippen LogP contribution in [0, 0.1) is 0 Å². The average Bonchev–Trinajstić information content (AvgIpc) is 3.18. The molecule has 0 radical (unpaired) electrons. The van der Waals surface area contributed by atoms with Crippen molar-refractivity contribution in [2.45, 2.75) is 18.4 Å². The molecule has 2 heterocycles. The summed E-state index contributed by atoms with van der Waals surface area (Å²) in [6.07, 6.45) is 0. The number of sulfone groups is 1. The molecule has 0 atom stereocenters. The fourth-order valence-electron chi connectivity index (χ4n) is 3.00. The van der Waals surface area contributed by atoms with Gasteiger partial charge in [0, 0.05) is 36.8 Å². The lowest BCUT2D eigenvalue weighted by molar-refractivity contribution is 0.311. The van der Waals surface area contributed by atoms with Gasteiger partial charge in [0.1, 0.15) is 5.01 Å². The van der Waals surface area contributed by atoms with Gasteiger partial charge >= 0.3 is 5.69 Å². The quantitative estimate of drug-likeness (QED) is 0.498.